The van der Waals surface area contributed by atoms with Crippen molar-refractivity contribution in [2.24, 2.45) is 0 Å². The van der Waals surface area contributed by atoms with Crippen LogP contribution in [-0.4, -0.2) is 11.0 Å². The predicted octanol–water partition coefficient (Wildman–Crippen LogP) is 3.86. The number of phenolic OH excluding ortho intramolecular Hbond substituents is 1. The van der Waals surface area contributed by atoms with E-state index < -0.39 is 0 Å². The summed E-state index contributed by atoms with van der Waals surface area (Å²) in [5.41, 5.74) is 1.93. The lowest BCUT2D eigenvalue weighted by atomic mass is 10.1. The zero-order valence-electron chi connectivity index (χ0n) is 12.3. The molecule has 4 heteroatoms. The molecule has 3 rings (SSSR count). The van der Waals surface area contributed by atoms with Crippen LogP contribution < -0.4 is 5.32 Å². The third kappa shape index (κ3) is 2.99. The summed E-state index contributed by atoms with van der Waals surface area (Å²) in [5, 5.41) is 23.0. The van der Waals surface area contributed by atoms with E-state index in [0.29, 0.717) is 16.6 Å². The van der Waals surface area contributed by atoms with Gasteiger partial charge in [0.2, 0.25) is 0 Å². The summed E-state index contributed by atoms with van der Waals surface area (Å²) in [7, 11) is 0. The highest BCUT2D eigenvalue weighted by molar-refractivity contribution is 6.09. The van der Waals surface area contributed by atoms with E-state index in [2.05, 4.69) is 11.4 Å². The molecule has 0 aromatic heterocycles. The predicted molar refractivity (Wildman–Crippen MR) is 89.3 cm³/mol. The van der Waals surface area contributed by atoms with Crippen LogP contribution in [0.25, 0.3) is 10.8 Å². The van der Waals surface area contributed by atoms with E-state index in [9.17, 15) is 9.90 Å². The van der Waals surface area contributed by atoms with Gasteiger partial charge in [0.25, 0.3) is 5.91 Å². The topological polar surface area (TPSA) is 73.1 Å². The molecule has 4 nitrogen and oxygen atoms in total. The molecular formula is C19H14N2O2. The Morgan fingerprint density at radius 1 is 1.04 bits per heavy atom. The van der Waals surface area contributed by atoms with Gasteiger partial charge in [0.1, 0.15) is 5.75 Å². The maximum atomic E-state index is 12.4. The Balaban J connectivity index is 1.93. The van der Waals surface area contributed by atoms with Crippen molar-refractivity contribution in [2.45, 2.75) is 6.42 Å². The second kappa shape index (κ2) is 6.20. The molecule has 2 N–H and O–H groups in total. The second-order valence-corrected chi connectivity index (χ2v) is 5.17. The summed E-state index contributed by atoms with van der Waals surface area (Å²) in [6.45, 7) is 0. The average Bonchev–Trinajstić information content (AvgIpc) is 2.56. The van der Waals surface area contributed by atoms with E-state index in [1.807, 2.05) is 12.1 Å². The number of nitrogens with zero attached hydrogens (tertiary/aromatic N) is 1. The molecule has 0 aliphatic carbocycles. The van der Waals surface area contributed by atoms with Crippen molar-refractivity contribution in [3.8, 4) is 11.8 Å². The molecule has 0 fully saturated rings. The Morgan fingerprint density at radius 3 is 2.61 bits per heavy atom. The number of carbonyl (C=O) groups is 1. The fourth-order valence-corrected chi connectivity index (χ4v) is 2.51. The number of fused-ring (bicyclic) bond motifs is 1. The molecule has 0 radical (unpaired) electrons. The van der Waals surface area contributed by atoms with Gasteiger partial charge >= 0.3 is 0 Å². The van der Waals surface area contributed by atoms with Gasteiger partial charge in [-0.15, -0.1) is 0 Å². The highest BCUT2D eigenvalue weighted by atomic mass is 16.3. The van der Waals surface area contributed by atoms with Gasteiger partial charge in [-0.1, -0.05) is 36.4 Å². The van der Waals surface area contributed by atoms with Crippen molar-refractivity contribution >= 4 is 22.4 Å². The lowest BCUT2D eigenvalue weighted by Gasteiger charge is -2.10. The largest absolute Gasteiger partial charge is 0.507 e. The van der Waals surface area contributed by atoms with Crippen molar-refractivity contribution in [3.63, 3.8) is 0 Å². The maximum Gasteiger partial charge on any atom is 0.255 e. The molecule has 3 aromatic carbocycles. The number of nitriles is 1. The van der Waals surface area contributed by atoms with E-state index in [0.717, 1.165) is 10.9 Å². The summed E-state index contributed by atoms with van der Waals surface area (Å²) in [4.78, 5) is 12.4. The highest BCUT2D eigenvalue weighted by Gasteiger charge is 2.10. The third-order valence-corrected chi connectivity index (χ3v) is 3.62. The summed E-state index contributed by atoms with van der Waals surface area (Å²) in [6, 6.07) is 19.6. The summed E-state index contributed by atoms with van der Waals surface area (Å²) < 4.78 is 0. The highest BCUT2D eigenvalue weighted by Crippen LogP contribution is 2.30. The molecule has 112 valence electrons. The molecule has 0 unspecified atom stereocenters. The van der Waals surface area contributed by atoms with E-state index in [1.54, 1.807) is 48.5 Å². The van der Waals surface area contributed by atoms with E-state index >= 15 is 0 Å². The number of carbonyl (C=O) groups excluding carboxylic acids is 1. The van der Waals surface area contributed by atoms with Crippen LogP contribution in [0.15, 0.2) is 60.7 Å². The van der Waals surface area contributed by atoms with Gasteiger partial charge in [0, 0.05) is 22.0 Å². The molecule has 0 aliphatic rings. The van der Waals surface area contributed by atoms with Crippen LogP contribution >= 0.6 is 0 Å². The van der Waals surface area contributed by atoms with Crippen molar-refractivity contribution < 1.29 is 9.90 Å². The number of hydrogen-bond acceptors (Lipinski definition) is 3. The maximum absolute atomic E-state index is 12.4. The number of nitrogens with one attached hydrogen (secondary N) is 1. The van der Waals surface area contributed by atoms with E-state index in [4.69, 9.17) is 5.26 Å². The summed E-state index contributed by atoms with van der Waals surface area (Å²) in [5.74, 6) is -0.0738. The van der Waals surface area contributed by atoms with Gasteiger partial charge in [0.05, 0.1) is 12.5 Å². The van der Waals surface area contributed by atoms with Crippen molar-refractivity contribution in [1.82, 2.24) is 0 Å². The number of anilines is 1. The van der Waals surface area contributed by atoms with Crippen LogP contribution in [0.4, 0.5) is 5.69 Å². The van der Waals surface area contributed by atoms with Gasteiger partial charge in [-0.05, 0) is 29.8 Å². The number of phenols is 1. The number of hydrogen-bond donors (Lipinski definition) is 2. The summed E-state index contributed by atoms with van der Waals surface area (Å²) >= 11 is 0. The molecule has 3 aromatic rings. The standard InChI is InChI=1S/C19H14N2O2/c20-11-10-13-4-1-5-14(12-13)19(23)21-17-8-2-7-16-15(17)6-3-9-18(16)22/h1-9,12,22H,10H2,(H,21,23). The monoisotopic (exact) mass is 302 g/mol. The molecule has 0 spiro atoms. The molecule has 1 amide bonds. The quantitative estimate of drug-likeness (QED) is 0.771. The number of benzene rings is 3. The lowest BCUT2D eigenvalue weighted by molar-refractivity contribution is 0.102. The molecule has 0 saturated carbocycles. The molecule has 0 atom stereocenters. The van der Waals surface area contributed by atoms with Gasteiger partial charge in [0.15, 0.2) is 0 Å². The molecule has 0 aliphatic heterocycles. The second-order valence-electron chi connectivity index (χ2n) is 5.17. The van der Waals surface area contributed by atoms with Crippen LogP contribution in [0.5, 0.6) is 5.75 Å². The third-order valence-electron chi connectivity index (χ3n) is 3.62. The van der Waals surface area contributed by atoms with Crippen LogP contribution in [0.2, 0.25) is 0 Å². The Hall–Kier alpha value is -3.32. The van der Waals surface area contributed by atoms with Gasteiger partial charge in [-0.3, -0.25) is 4.79 Å². The van der Waals surface area contributed by atoms with Crippen LogP contribution in [-0.2, 0) is 6.42 Å². The molecule has 0 saturated heterocycles. The lowest BCUT2D eigenvalue weighted by Crippen LogP contribution is -2.12. The van der Waals surface area contributed by atoms with E-state index in [-0.39, 0.29) is 18.1 Å². The first-order valence-electron chi connectivity index (χ1n) is 7.17. The molecular weight excluding hydrogens is 288 g/mol. The first kappa shape index (κ1) is 14.6. The molecule has 0 bridgehead atoms. The smallest absolute Gasteiger partial charge is 0.255 e. The van der Waals surface area contributed by atoms with Crippen molar-refractivity contribution in [1.29, 1.82) is 5.26 Å². The fraction of sp³-hybridized carbons (Fsp3) is 0.0526. The SMILES string of the molecule is N#CCc1cccc(C(=O)Nc2cccc3c(O)cccc23)c1. The minimum atomic E-state index is -0.249. The molecule has 23 heavy (non-hydrogen) atoms. The first-order chi connectivity index (χ1) is 11.2. The van der Waals surface area contributed by atoms with Crippen molar-refractivity contribution in [2.75, 3.05) is 5.32 Å². The van der Waals surface area contributed by atoms with Gasteiger partial charge < -0.3 is 10.4 Å². The number of amides is 1. The summed E-state index contributed by atoms with van der Waals surface area (Å²) in [6.07, 6.45) is 0.267. The Bertz CT molecular complexity index is 926. The molecule has 0 heterocycles. The zero-order valence-corrected chi connectivity index (χ0v) is 12.3. The van der Waals surface area contributed by atoms with Crippen molar-refractivity contribution in [3.05, 3.63) is 71.8 Å². The first-order valence-corrected chi connectivity index (χ1v) is 7.17. The Morgan fingerprint density at radius 2 is 1.78 bits per heavy atom. The van der Waals surface area contributed by atoms with Crippen LogP contribution in [0.3, 0.4) is 0 Å². The van der Waals surface area contributed by atoms with Gasteiger partial charge in [-0.2, -0.15) is 5.26 Å². The fourth-order valence-electron chi connectivity index (χ4n) is 2.51. The Labute approximate surface area is 133 Å². The van der Waals surface area contributed by atoms with E-state index in [1.165, 1.54) is 0 Å². The average molecular weight is 302 g/mol. The van der Waals surface area contributed by atoms with Crippen LogP contribution in [0, 0.1) is 11.3 Å². The number of aromatic hydroxyl groups is 1. The minimum Gasteiger partial charge on any atom is -0.507 e. The Kier molecular flexibility index (Phi) is 3.94. The van der Waals surface area contributed by atoms with Gasteiger partial charge in [-0.25, -0.2) is 0 Å². The minimum absolute atomic E-state index is 0.176. The zero-order chi connectivity index (χ0) is 16.2. The normalized spacial score (nSPS) is 10.2. The number of rotatable bonds is 3. The van der Waals surface area contributed by atoms with Crippen LogP contribution in [0.1, 0.15) is 15.9 Å².